The number of fused-ring (bicyclic) bond motifs is 1. The van der Waals surface area contributed by atoms with Crippen molar-refractivity contribution in [2.75, 3.05) is 38.1 Å². The number of methoxy groups -OCH3 is 2. The predicted molar refractivity (Wildman–Crippen MR) is 154 cm³/mol. The third kappa shape index (κ3) is 6.10. The van der Waals surface area contributed by atoms with E-state index >= 15 is 0 Å². The summed E-state index contributed by atoms with van der Waals surface area (Å²) in [7, 11) is 3.10. The third-order valence-electron chi connectivity index (χ3n) is 6.93. The second-order valence-electron chi connectivity index (χ2n) is 9.72. The van der Waals surface area contributed by atoms with Crippen LogP contribution in [0.5, 0.6) is 17.2 Å². The summed E-state index contributed by atoms with van der Waals surface area (Å²) in [5, 5.41) is 20.5. The Kier molecular flexibility index (Phi) is 8.36. The number of nitrogens with one attached hydrogen (secondary N) is 2. The van der Waals surface area contributed by atoms with Crippen LogP contribution >= 0.6 is 0 Å². The summed E-state index contributed by atoms with van der Waals surface area (Å²) < 4.78 is 17.8. The van der Waals surface area contributed by atoms with Crippen LogP contribution in [0, 0.1) is 0 Å². The van der Waals surface area contributed by atoms with E-state index in [1.165, 1.54) is 4.52 Å². The van der Waals surface area contributed by atoms with Crippen LogP contribution in [-0.2, 0) is 0 Å². The number of aromatic nitrogens is 4. The van der Waals surface area contributed by atoms with Crippen molar-refractivity contribution >= 4 is 29.0 Å². The molecule has 0 spiro atoms. The molecule has 1 aliphatic carbocycles. The standard InChI is InChI=1S/C28H34N8O5/c1-39-19-13-17(14-20(15-19)40-2)31-26-23(24(30)38)27-33-25(16-6-5-7-18(12-16)41-11-10-37)35-36(27)28(34-26)32-22-9-4-3-8-21(22)29/h5-7,12-15,21-22,31,37H,3-4,8-11,29H2,1-2H3,(H2,30,38)(H,32,34)/t21-,22+/m0/s1. The number of carbonyl (C=O) groups excluding carboxylic acids is 1. The average molecular weight is 563 g/mol. The van der Waals surface area contributed by atoms with Gasteiger partial charge in [-0.3, -0.25) is 4.79 Å². The van der Waals surface area contributed by atoms with Gasteiger partial charge in [0.25, 0.3) is 5.91 Å². The lowest BCUT2D eigenvalue weighted by molar-refractivity contribution is 0.100. The molecule has 0 bridgehead atoms. The quantitative estimate of drug-likeness (QED) is 0.181. The van der Waals surface area contributed by atoms with Gasteiger partial charge in [0.15, 0.2) is 17.3 Å². The molecular formula is C28H34N8O5. The molecule has 5 rings (SSSR count). The third-order valence-corrected chi connectivity index (χ3v) is 6.93. The molecule has 13 heteroatoms. The van der Waals surface area contributed by atoms with Crippen LogP contribution in [-0.4, -0.2) is 70.1 Å². The average Bonchev–Trinajstić information content (AvgIpc) is 3.42. The topological polar surface area (TPSA) is 184 Å². The first-order chi connectivity index (χ1) is 19.9. The summed E-state index contributed by atoms with van der Waals surface area (Å²) in [6.45, 7) is 0.0370. The SMILES string of the molecule is COc1cc(Nc2nc(N[C@@H]3CCCC[C@@H]3N)n3nc(-c4cccc(OCCO)c4)nc3c2C(N)=O)cc(OC)c1. The first-order valence-electron chi connectivity index (χ1n) is 13.4. The molecule has 0 unspecified atom stereocenters. The maximum atomic E-state index is 12.9. The van der Waals surface area contributed by atoms with E-state index in [-0.39, 0.29) is 42.3 Å². The van der Waals surface area contributed by atoms with Crippen molar-refractivity contribution in [1.29, 1.82) is 0 Å². The molecule has 2 heterocycles. The maximum absolute atomic E-state index is 12.9. The Morgan fingerprint density at radius 1 is 1.07 bits per heavy atom. The van der Waals surface area contributed by atoms with E-state index in [9.17, 15) is 4.79 Å². The zero-order valence-electron chi connectivity index (χ0n) is 23.0. The minimum absolute atomic E-state index is 0.0495. The van der Waals surface area contributed by atoms with E-state index in [0.717, 1.165) is 25.7 Å². The van der Waals surface area contributed by atoms with E-state index in [0.29, 0.717) is 40.3 Å². The molecule has 2 aromatic carbocycles. The summed E-state index contributed by atoms with van der Waals surface area (Å²) in [6.07, 6.45) is 3.85. The molecular weight excluding hydrogens is 528 g/mol. The highest BCUT2D eigenvalue weighted by Gasteiger charge is 2.27. The maximum Gasteiger partial charge on any atom is 0.256 e. The minimum atomic E-state index is -0.736. The number of hydrogen-bond donors (Lipinski definition) is 5. The molecule has 1 saturated carbocycles. The molecule has 2 atom stereocenters. The number of hydrogen-bond acceptors (Lipinski definition) is 11. The summed E-state index contributed by atoms with van der Waals surface area (Å²) >= 11 is 0. The fourth-order valence-electron chi connectivity index (χ4n) is 4.88. The normalized spacial score (nSPS) is 16.8. The summed E-state index contributed by atoms with van der Waals surface area (Å²) in [5.74, 6) is 1.79. The van der Waals surface area contributed by atoms with Gasteiger partial charge in [-0.1, -0.05) is 25.0 Å². The predicted octanol–water partition coefficient (Wildman–Crippen LogP) is 2.70. The Hall–Kier alpha value is -4.62. The van der Waals surface area contributed by atoms with Gasteiger partial charge in [0.2, 0.25) is 5.95 Å². The number of carbonyl (C=O) groups is 1. The van der Waals surface area contributed by atoms with Crippen molar-refractivity contribution in [3.63, 3.8) is 0 Å². The molecule has 0 aliphatic heterocycles. The molecule has 1 amide bonds. The fraction of sp³-hybridized carbons (Fsp3) is 0.357. The fourth-order valence-corrected chi connectivity index (χ4v) is 4.88. The van der Waals surface area contributed by atoms with Crippen LogP contribution < -0.4 is 36.3 Å². The molecule has 0 saturated heterocycles. The molecule has 41 heavy (non-hydrogen) atoms. The molecule has 0 radical (unpaired) electrons. The van der Waals surface area contributed by atoms with Crippen LogP contribution in [0.3, 0.4) is 0 Å². The lowest BCUT2D eigenvalue weighted by Gasteiger charge is -2.29. The first-order valence-corrected chi connectivity index (χ1v) is 13.4. The van der Waals surface area contributed by atoms with Crippen molar-refractivity contribution in [2.24, 2.45) is 11.5 Å². The Morgan fingerprint density at radius 2 is 1.83 bits per heavy atom. The van der Waals surface area contributed by atoms with Gasteiger partial charge in [0, 0.05) is 41.5 Å². The van der Waals surface area contributed by atoms with Gasteiger partial charge in [0.1, 0.15) is 29.4 Å². The van der Waals surface area contributed by atoms with Gasteiger partial charge in [-0.05, 0) is 25.0 Å². The molecule has 13 nitrogen and oxygen atoms in total. The zero-order chi connectivity index (χ0) is 28.9. The number of anilines is 3. The molecule has 7 N–H and O–H groups in total. The number of nitrogens with zero attached hydrogens (tertiary/aromatic N) is 4. The highest BCUT2D eigenvalue weighted by Crippen LogP contribution is 2.32. The number of aliphatic hydroxyl groups excluding tert-OH is 1. The van der Waals surface area contributed by atoms with E-state index < -0.39 is 5.91 Å². The van der Waals surface area contributed by atoms with Crippen molar-refractivity contribution < 1.29 is 24.1 Å². The highest BCUT2D eigenvalue weighted by molar-refractivity contribution is 6.04. The van der Waals surface area contributed by atoms with E-state index in [2.05, 4.69) is 10.6 Å². The minimum Gasteiger partial charge on any atom is -0.497 e. The lowest BCUT2D eigenvalue weighted by Crippen LogP contribution is -2.43. The number of aliphatic hydroxyl groups is 1. The van der Waals surface area contributed by atoms with E-state index in [4.69, 9.17) is 45.9 Å². The van der Waals surface area contributed by atoms with Gasteiger partial charge in [-0.2, -0.15) is 9.50 Å². The van der Waals surface area contributed by atoms with Gasteiger partial charge in [-0.15, -0.1) is 5.10 Å². The van der Waals surface area contributed by atoms with Gasteiger partial charge < -0.3 is 41.4 Å². The smallest absolute Gasteiger partial charge is 0.256 e. The summed E-state index contributed by atoms with van der Waals surface area (Å²) in [6, 6.07) is 12.3. The number of rotatable bonds is 11. The molecule has 2 aromatic heterocycles. The zero-order valence-corrected chi connectivity index (χ0v) is 23.0. The number of benzene rings is 2. The lowest BCUT2D eigenvalue weighted by atomic mass is 9.91. The Labute approximate surface area is 236 Å². The molecule has 216 valence electrons. The van der Waals surface area contributed by atoms with Gasteiger partial charge in [-0.25, -0.2) is 4.98 Å². The first kappa shape index (κ1) is 27.9. The summed E-state index contributed by atoms with van der Waals surface area (Å²) in [4.78, 5) is 22.4. The Morgan fingerprint density at radius 3 is 2.51 bits per heavy atom. The largest absolute Gasteiger partial charge is 0.497 e. The van der Waals surface area contributed by atoms with Crippen molar-refractivity contribution in [1.82, 2.24) is 19.6 Å². The van der Waals surface area contributed by atoms with Gasteiger partial charge in [0.05, 0.1) is 20.8 Å². The van der Waals surface area contributed by atoms with E-state index in [1.54, 1.807) is 50.6 Å². The highest BCUT2D eigenvalue weighted by atomic mass is 16.5. The van der Waals surface area contributed by atoms with E-state index in [1.807, 2.05) is 6.07 Å². The number of primary amides is 1. The second-order valence-corrected chi connectivity index (χ2v) is 9.72. The van der Waals surface area contributed by atoms with Crippen LogP contribution in [0.2, 0.25) is 0 Å². The Bertz CT molecular complexity index is 1520. The van der Waals surface area contributed by atoms with Gasteiger partial charge >= 0.3 is 0 Å². The number of ether oxygens (including phenoxy) is 3. The number of nitrogens with two attached hydrogens (primary N) is 2. The van der Waals surface area contributed by atoms with Crippen molar-refractivity contribution in [3.8, 4) is 28.6 Å². The molecule has 1 aliphatic rings. The monoisotopic (exact) mass is 562 g/mol. The van der Waals surface area contributed by atoms with Crippen LogP contribution in [0.1, 0.15) is 36.0 Å². The van der Waals surface area contributed by atoms with Crippen LogP contribution in [0.4, 0.5) is 17.5 Å². The molecule has 4 aromatic rings. The van der Waals surface area contributed by atoms with Crippen molar-refractivity contribution in [3.05, 3.63) is 48.0 Å². The van der Waals surface area contributed by atoms with Crippen LogP contribution in [0.15, 0.2) is 42.5 Å². The number of amides is 1. The van der Waals surface area contributed by atoms with Crippen molar-refractivity contribution in [2.45, 2.75) is 37.8 Å². The molecule has 1 fully saturated rings. The second kappa shape index (κ2) is 12.3. The van der Waals surface area contributed by atoms with Crippen LogP contribution in [0.25, 0.3) is 17.0 Å². The summed E-state index contributed by atoms with van der Waals surface area (Å²) in [5.41, 5.74) is 13.8. The Balaban J connectivity index is 1.65.